The van der Waals surface area contributed by atoms with Crippen LogP contribution in [0.15, 0.2) is 12.2 Å². The number of carbonyl (C=O) groups is 2. The summed E-state index contributed by atoms with van der Waals surface area (Å²) >= 11 is 0. The lowest BCUT2D eigenvalue weighted by Gasteiger charge is -2.38. The van der Waals surface area contributed by atoms with Crippen molar-refractivity contribution in [3.8, 4) is 0 Å². The second-order valence-electron chi connectivity index (χ2n) is 14.2. The van der Waals surface area contributed by atoms with Crippen molar-refractivity contribution in [1.29, 1.82) is 0 Å². The van der Waals surface area contributed by atoms with Gasteiger partial charge in [-0.1, -0.05) is 94.7 Å². The van der Waals surface area contributed by atoms with Crippen LogP contribution in [0.3, 0.4) is 0 Å². The van der Waals surface area contributed by atoms with Crippen molar-refractivity contribution in [3.63, 3.8) is 0 Å². The zero-order chi connectivity index (χ0) is 33.5. The Balaban J connectivity index is 1.22. The molecule has 1 spiro atoms. The zero-order valence-electron chi connectivity index (χ0n) is 29.3. The highest BCUT2D eigenvalue weighted by Crippen LogP contribution is 2.40. The third kappa shape index (κ3) is 11.6. The van der Waals surface area contributed by atoms with Crippen LogP contribution >= 0.6 is 0 Å². The van der Waals surface area contributed by atoms with Crippen molar-refractivity contribution in [2.75, 3.05) is 11.9 Å². The number of aliphatic hydroxyl groups is 1. The van der Waals surface area contributed by atoms with E-state index in [1.165, 1.54) is 51.4 Å². The Hall–Kier alpha value is -2.52. The van der Waals surface area contributed by atoms with E-state index < -0.39 is 11.7 Å². The summed E-state index contributed by atoms with van der Waals surface area (Å²) in [6.45, 7) is 4.40. The number of unbranched alkanes of at least 4 members (excludes halogenated alkanes) is 12. The number of nitrogens with zero attached hydrogens (tertiary/aromatic N) is 2. The minimum Gasteiger partial charge on any atom is -0.481 e. The molecule has 0 radical (unpaired) electrons. The van der Waals surface area contributed by atoms with E-state index in [0.29, 0.717) is 31.4 Å². The molecule has 0 saturated carbocycles. The second kappa shape index (κ2) is 19.5. The molecule has 47 heavy (non-hydrogen) atoms. The minimum absolute atomic E-state index is 0.0855. The molecule has 0 aliphatic carbocycles. The van der Waals surface area contributed by atoms with Gasteiger partial charge in [0.15, 0.2) is 5.72 Å². The SMILES string of the molecule is CC[C@H]1C=CCC[C@@]2(C[C@@H]3CCc4c(C(=O)OCCCCCCCCCCCCCCCC(=O)O)c(CCC[C@@H](C)O)nc([n+]43)N2)O1. The topological polar surface area (TPSA) is 122 Å². The second-order valence-corrected chi connectivity index (χ2v) is 14.2. The van der Waals surface area contributed by atoms with E-state index in [1.807, 2.05) is 0 Å². The molecule has 9 heteroatoms. The van der Waals surface area contributed by atoms with Gasteiger partial charge < -0.3 is 19.7 Å². The number of esters is 1. The predicted molar refractivity (Wildman–Crippen MR) is 183 cm³/mol. The highest BCUT2D eigenvalue weighted by molar-refractivity contribution is 5.91. The Morgan fingerprint density at radius 3 is 2.34 bits per heavy atom. The van der Waals surface area contributed by atoms with Crippen LogP contribution in [-0.2, 0) is 27.1 Å². The maximum absolute atomic E-state index is 13.6. The Bertz CT molecular complexity index is 1170. The summed E-state index contributed by atoms with van der Waals surface area (Å²) < 4.78 is 14.8. The number of carbonyl (C=O) groups excluding carboxylic acids is 1. The van der Waals surface area contributed by atoms with Gasteiger partial charge in [-0.3, -0.25) is 4.79 Å². The average Bonchev–Trinajstić information content (AvgIpc) is 3.35. The molecule has 264 valence electrons. The zero-order valence-corrected chi connectivity index (χ0v) is 29.3. The monoisotopic (exact) mass is 656 g/mol. The van der Waals surface area contributed by atoms with Gasteiger partial charge in [-0.25, -0.2) is 14.7 Å². The van der Waals surface area contributed by atoms with Gasteiger partial charge in [0, 0.05) is 32.1 Å². The first-order chi connectivity index (χ1) is 22.8. The Labute approximate surface area is 282 Å². The van der Waals surface area contributed by atoms with Gasteiger partial charge in [0.05, 0.1) is 30.6 Å². The first-order valence-corrected chi connectivity index (χ1v) is 19.0. The van der Waals surface area contributed by atoms with E-state index in [2.05, 4.69) is 29.0 Å². The van der Waals surface area contributed by atoms with E-state index >= 15 is 0 Å². The number of aryl methyl sites for hydroxylation is 1. The number of rotatable bonds is 22. The van der Waals surface area contributed by atoms with Gasteiger partial charge in [0.2, 0.25) is 0 Å². The summed E-state index contributed by atoms with van der Waals surface area (Å²) in [5.41, 5.74) is 2.01. The molecular weight excluding hydrogens is 594 g/mol. The van der Waals surface area contributed by atoms with Gasteiger partial charge in [0.25, 0.3) is 0 Å². The van der Waals surface area contributed by atoms with Crippen LogP contribution < -0.4 is 9.88 Å². The third-order valence-corrected chi connectivity index (χ3v) is 10.2. The fourth-order valence-electron chi connectivity index (χ4n) is 7.60. The highest BCUT2D eigenvalue weighted by Gasteiger charge is 2.50. The number of ether oxygens (including phenoxy) is 2. The van der Waals surface area contributed by atoms with Gasteiger partial charge >= 0.3 is 17.9 Å². The van der Waals surface area contributed by atoms with Crippen LogP contribution in [0.25, 0.3) is 0 Å². The van der Waals surface area contributed by atoms with Crippen molar-refractivity contribution < 1.29 is 33.8 Å². The molecule has 0 saturated heterocycles. The molecule has 3 N–H and O–H groups in total. The number of carboxylic acids is 1. The molecule has 1 aromatic heterocycles. The molecule has 4 heterocycles. The standard InChI is InChI=1S/C38H61N3O6/c1-3-31-21-16-17-26-38(47-31)28-30-24-25-33-35(32(22-19-20-29(2)42)39-37(40-38)41(30)33)36(45)46-27-18-14-12-10-8-6-4-5-7-9-11-13-15-23-34(43)44/h16,21,29-31,42H,3-15,17-20,22-28H2,1-2H3,(H,43,44)/p+1/t29-,30+,31+,38+/m1/s1. The van der Waals surface area contributed by atoms with E-state index in [-0.39, 0.29) is 24.2 Å². The number of anilines is 1. The molecule has 4 atom stereocenters. The summed E-state index contributed by atoms with van der Waals surface area (Å²) in [5, 5.41) is 22.3. The lowest BCUT2D eigenvalue weighted by molar-refractivity contribution is -0.713. The van der Waals surface area contributed by atoms with Crippen molar-refractivity contribution in [2.24, 2.45) is 0 Å². The first kappa shape index (κ1) is 37.3. The number of nitrogens with one attached hydrogen (secondary N) is 1. The number of allylic oxidation sites excluding steroid dienone is 1. The van der Waals surface area contributed by atoms with Crippen LogP contribution in [-0.4, -0.2) is 51.7 Å². The van der Waals surface area contributed by atoms with E-state index in [4.69, 9.17) is 19.6 Å². The number of aliphatic hydroxyl groups excluding tert-OH is 1. The number of carboxylic acid groups (broad SMARTS) is 1. The van der Waals surface area contributed by atoms with Crippen molar-refractivity contribution >= 4 is 17.9 Å². The minimum atomic E-state index is -0.686. The Morgan fingerprint density at radius 2 is 1.70 bits per heavy atom. The smallest absolute Gasteiger partial charge is 0.394 e. The van der Waals surface area contributed by atoms with E-state index in [1.54, 1.807) is 6.92 Å². The Morgan fingerprint density at radius 1 is 1.04 bits per heavy atom. The number of hydrogen-bond acceptors (Lipinski definition) is 7. The molecule has 0 amide bonds. The molecule has 4 rings (SSSR count). The largest absolute Gasteiger partial charge is 0.481 e. The molecule has 3 aliphatic rings. The third-order valence-electron chi connectivity index (χ3n) is 10.2. The quantitative estimate of drug-likeness (QED) is 0.0498. The maximum Gasteiger partial charge on any atom is 0.394 e. The van der Waals surface area contributed by atoms with Crippen LogP contribution in [0.2, 0.25) is 0 Å². The maximum atomic E-state index is 13.6. The molecule has 1 aromatic rings. The molecular formula is C38H62N3O6+. The van der Waals surface area contributed by atoms with Crippen molar-refractivity contribution in [2.45, 2.75) is 186 Å². The van der Waals surface area contributed by atoms with Gasteiger partial charge in [-0.05, 0) is 51.9 Å². The molecule has 0 unspecified atom stereocenters. The number of aliphatic carboxylic acids is 1. The van der Waals surface area contributed by atoms with Crippen LogP contribution in [0, 0.1) is 0 Å². The molecule has 0 aromatic carbocycles. The molecule has 9 nitrogen and oxygen atoms in total. The predicted octanol–water partition coefficient (Wildman–Crippen LogP) is 7.92. The van der Waals surface area contributed by atoms with E-state index in [0.717, 1.165) is 94.4 Å². The fraction of sp³-hybridized carbons (Fsp3) is 0.789. The van der Waals surface area contributed by atoms with Gasteiger partial charge in [-0.15, -0.1) is 0 Å². The Kier molecular flexibility index (Phi) is 15.5. The van der Waals surface area contributed by atoms with Crippen LogP contribution in [0.1, 0.15) is 176 Å². The summed E-state index contributed by atoms with van der Waals surface area (Å²) in [5.74, 6) is -0.129. The normalized spacial score (nSPS) is 22.1. The lowest BCUT2D eigenvalue weighted by atomic mass is 9.95. The number of aromatic nitrogens is 2. The van der Waals surface area contributed by atoms with Crippen molar-refractivity contribution in [1.82, 2.24) is 4.98 Å². The molecule has 3 aliphatic heterocycles. The number of hydrogen-bond donors (Lipinski definition) is 3. The van der Waals surface area contributed by atoms with Crippen LogP contribution in [0.4, 0.5) is 5.95 Å². The highest BCUT2D eigenvalue weighted by atomic mass is 16.5. The van der Waals surface area contributed by atoms with Gasteiger partial charge in [0.1, 0.15) is 11.3 Å². The average molecular weight is 657 g/mol. The first-order valence-electron chi connectivity index (χ1n) is 19.0. The summed E-state index contributed by atoms with van der Waals surface area (Å²) in [4.78, 5) is 29.3. The van der Waals surface area contributed by atoms with E-state index in [9.17, 15) is 14.7 Å². The summed E-state index contributed by atoms with van der Waals surface area (Å²) in [7, 11) is 0. The molecule has 0 bridgehead atoms. The fourth-order valence-corrected chi connectivity index (χ4v) is 7.60. The lowest BCUT2D eigenvalue weighted by Crippen LogP contribution is -2.58. The van der Waals surface area contributed by atoms with Crippen molar-refractivity contribution in [3.05, 3.63) is 29.1 Å². The van der Waals surface area contributed by atoms with Crippen LogP contribution in [0.5, 0.6) is 0 Å². The summed E-state index contributed by atoms with van der Waals surface area (Å²) in [6.07, 6.45) is 26.8. The molecule has 0 fully saturated rings. The summed E-state index contributed by atoms with van der Waals surface area (Å²) in [6, 6.07) is 0.248. The van der Waals surface area contributed by atoms with Gasteiger partial charge in [-0.2, -0.15) is 0 Å².